The number of hydrogen-bond donors (Lipinski definition) is 10. The first-order valence-electron chi connectivity index (χ1n) is 19.3. The zero-order chi connectivity index (χ0) is 48.7. The van der Waals surface area contributed by atoms with Crippen LogP contribution in [0.5, 0.6) is 5.75 Å². The first-order chi connectivity index (χ1) is 31.7. The Labute approximate surface area is 465 Å². The Morgan fingerprint density at radius 3 is 1.87 bits per heavy atom. The SMILES string of the molecule is CC(CNc1nc(NCCO)nc(Nc2cc(S(=O)(=O)[O-])cc3cc(S(=O)(=O)[O-])c(N=Nc4ccc5ccccc5c4S(=O)(=O)[O-])c(O)c23)n1)Nc1nc(NCCO)nc(NCCO)c1C#N.[Na+].[Na+].[Na+]. The summed E-state index contributed by atoms with van der Waals surface area (Å²) in [6.45, 7) is 0.782. The van der Waals surface area contributed by atoms with E-state index in [2.05, 4.69) is 67.0 Å². The van der Waals surface area contributed by atoms with E-state index in [1.165, 1.54) is 24.3 Å². The number of phenols is 1. The van der Waals surface area contributed by atoms with Gasteiger partial charge in [0.15, 0.2) is 17.4 Å². The zero-order valence-corrected chi connectivity index (χ0v) is 45.9. The molecule has 0 aliphatic heterocycles. The summed E-state index contributed by atoms with van der Waals surface area (Å²) in [4.78, 5) is 18.1. The van der Waals surface area contributed by atoms with Crippen molar-refractivity contribution in [2.75, 3.05) is 77.9 Å². The van der Waals surface area contributed by atoms with Crippen molar-refractivity contribution in [1.29, 1.82) is 5.26 Å². The predicted octanol–water partition coefficient (Wildman–Crippen LogP) is -7.45. The van der Waals surface area contributed by atoms with Crippen LogP contribution in [0.15, 0.2) is 79.5 Å². The molecule has 0 spiro atoms. The second-order valence-electron chi connectivity index (χ2n) is 13.9. The number of benzene rings is 4. The third-order valence-electron chi connectivity index (χ3n) is 9.09. The molecule has 2 aromatic heterocycles. The van der Waals surface area contributed by atoms with E-state index >= 15 is 0 Å². The van der Waals surface area contributed by atoms with E-state index in [1.54, 1.807) is 13.0 Å². The molecule has 0 fully saturated rings. The van der Waals surface area contributed by atoms with Crippen molar-refractivity contribution in [2.45, 2.75) is 27.7 Å². The second kappa shape index (κ2) is 26.0. The number of hydrogen-bond acceptors (Lipinski definition) is 27. The van der Waals surface area contributed by atoms with Gasteiger partial charge in [0.1, 0.15) is 53.4 Å². The van der Waals surface area contributed by atoms with Gasteiger partial charge in [0.2, 0.25) is 23.8 Å². The Hall–Kier alpha value is -4.21. The monoisotopic (exact) mass is 1050 g/mol. The van der Waals surface area contributed by atoms with Crippen molar-refractivity contribution in [2.24, 2.45) is 10.2 Å². The van der Waals surface area contributed by atoms with E-state index in [4.69, 9.17) is 0 Å². The van der Waals surface area contributed by atoms with Crippen molar-refractivity contribution < 1.29 is 148 Å². The molecule has 4 aromatic carbocycles. The number of aliphatic hydroxyl groups is 3. The first kappa shape index (κ1) is 60.1. The van der Waals surface area contributed by atoms with Crippen LogP contribution in [0.4, 0.5) is 52.5 Å². The molecule has 1 atom stereocenters. The van der Waals surface area contributed by atoms with E-state index in [1.807, 2.05) is 6.07 Å². The summed E-state index contributed by atoms with van der Waals surface area (Å²) in [7, 11) is -16.3. The van der Waals surface area contributed by atoms with Gasteiger partial charge < -0.3 is 66.0 Å². The van der Waals surface area contributed by atoms with Crippen LogP contribution in [0, 0.1) is 11.3 Å². The van der Waals surface area contributed by atoms with Crippen LogP contribution in [0.2, 0.25) is 0 Å². The molecule has 6 rings (SSSR count). The number of nitrogens with zero attached hydrogens (tertiary/aromatic N) is 8. The maximum atomic E-state index is 12.6. The minimum Gasteiger partial charge on any atom is -0.744 e. The van der Waals surface area contributed by atoms with Gasteiger partial charge in [0.05, 0.1) is 40.2 Å². The number of rotatable bonds is 21. The van der Waals surface area contributed by atoms with Gasteiger partial charge in [-0.25, -0.2) is 25.3 Å². The molecule has 6 aromatic rings. The molecular formula is C37H37N14Na3O13S3. The molecular weight excluding hydrogens is 1010 g/mol. The van der Waals surface area contributed by atoms with Crippen molar-refractivity contribution in [3.8, 4) is 11.8 Å². The van der Waals surface area contributed by atoms with Gasteiger partial charge in [-0.15, -0.1) is 10.2 Å². The average Bonchev–Trinajstić information content (AvgIpc) is 3.26. The molecule has 0 saturated carbocycles. The quantitative estimate of drug-likeness (QED) is 0.0182. The van der Waals surface area contributed by atoms with Crippen LogP contribution in [0.1, 0.15) is 12.5 Å². The summed E-state index contributed by atoms with van der Waals surface area (Å²) < 4.78 is 112. The number of azo groups is 1. The average molecular weight is 1050 g/mol. The van der Waals surface area contributed by atoms with Crippen molar-refractivity contribution in [1.82, 2.24) is 24.9 Å². The smallest absolute Gasteiger partial charge is 0.744 e. The summed E-state index contributed by atoms with van der Waals surface area (Å²) >= 11 is 0. The first-order valence-corrected chi connectivity index (χ1v) is 23.5. The van der Waals surface area contributed by atoms with E-state index in [0.717, 1.165) is 12.1 Å². The standard InChI is InChI=1S/C37H40N14O13S3.3Na/c1-19(43-33-24(17-38)32(39-8-11-52)45-34(46-33)40-9-12-53)18-42-36-47-35(41-10-13-54)48-37(49-36)44-26-16-22(65(56,57)58)14-21-15-27(66(59,60)61)29(30(55)28(21)26)51-50-25-7-6-20-4-2-3-5-23(20)31(25)67(62,63)64;;;/h2-7,14-16,19,52-55H,8-13,18H2,1H3,(H,56,57,58)(H,59,60,61)(H,62,63,64)(H3,39,40,43,45,46)(H3,41,42,44,47,48,49);;;/q;3*+1/p-3. The summed E-state index contributed by atoms with van der Waals surface area (Å²) in [6, 6.07) is 11.7. The van der Waals surface area contributed by atoms with Crippen molar-refractivity contribution in [3.63, 3.8) is 0 Å². The van der Waals surface area contributed by atoms with E-state index in [-0.39, 0.29) is 168 Å². The van der Waals surface area contributed by atoms with Gasteiger partial charge in [-0.3, -0.25) is 0 Å². The molecule has 0 amide bonds. The molecule has 1 unspecified atom stereocenters. The predicted molar refractivity (Wildman–Crippen MR) is 236 cm³/mol. The summed E-state index contributed by atoms with van der Waals surface area (Å²) in [5, 5.41) is 73.4. The van der Waals surface area contributed by atoms with Crippen LogP contribution in [0.25, 0.3) is 21.5 Å². The van der Waals surface area contributed by atoms with Gasteiger partial charge in [0, 0.05) is 43.0 Å². The van der Waals surface area contributed by atoms with Crippen LogP contribution < -0.4 is 121 Å². The Morgan fingerprint density at radius 1 is 0.686 bits per heavy atom. The summed E-state index contributed by atoms with van der Waals surface area (Å²) in [5.41, 5.74) is -2.18. The van der Waals surface area contributed by atoms with Crippen LogP contribution in [-0.2, 0) is 30.4 Å². The van der Waals surface area contributed by atoms with E-state index in [9.17, 15) is 64.6 Å². The third kappa shape index (κ3) is 14.9. The minimum absolute atomic E-state index is 0. The molecule has 354 valence electrons. The Bertz CT molecular complexity index is 3290. The topological polar surface area (TPSA) is 438 Å². The van der Waals surface area contributed by atoms with Gasteiger partial charge in [-0.2, -0.15) is 30.2 Å². The van der Waals surface area contributed by atoms with E-state index < -0.39 is 97.2 Å². The number of aromatic hydroxyl groups is 1. The van der Waals surface area contributed by atoms with Crippen LogP contribution >= 0.6 is 0 Å². The van der Waals surface area contributed by atoms with Crippen molar-refractivity contribution in [3.05, 3.63) is 60.2 Å². The van der Waals surface area contributed by atoms with Crippen LogP contribution in [0.3, 0.4) is 0 Å². The Morgan fingerprint density at radius 2 is 1.27 bits per heavy atom. The minimum atomic E-state index is -5.63. The van der Waals surface area contributed by atoms with Gasteiger partial charge >= 0.3 is 88.7 Å². The second-order valence-corrected chi connectivity index (χ2v) is 17.9. The molecule has 2 heterocycles. The Kier molecular flexibility index (Phi) is 22.3. The molecule has 0 saturated heterocycles. The molecule has 0 bridgehead atoms. The van der Waals surface area contributed by atoms with Gasteiger partial charge in [-0.1, -0.05) is 30.3 Å². The number of fused-ring (bicyclic) bond motifs is 2. The zero-order valence-electron chi connectivity index (χ0n) is 37.5. The molecule has 0 aliphatic carbocycles. The molecule has 0 radical (unpaired) electrons. The maximum absolute atomic E-state index is 12.6. The summed E-state index contributed by atoms with van der Waals surface area (Å²) in [5.74, 6) is -1.75. The number of nitriles is 1. The largest absolute Gasteiger partial charge is 1.00 e. The number of aliphatic hydroxyl groups excluding tert-OH is 3. The molecule has 10 N–H and O–H groups in total. The molecule has 70 heavy (non-hydrogen) atoms. The van der Waals surface area contributed by atoms with Crippen LogP contribution in [-0.4, -0.2) is 136 Å². The fraction of sp³-hybridized carbons (Fsp3) is 0.243. The maximum Gasteiger partial charge on any atom is 1.00 e. The number of aromatic nitrogens is 5. The molecule has 27 nitrogen and oxygen atoms in total. The Balaban J connectivity index is 0.00000432. The fourth-order valence-corrected chi connectivity index (χ4v) is 8.29. The molecule has 33 heteroatoms. The van der Waals surface area contributed by atoms with E-state index in [0.29, 0.717) is 17.5 Å². The number of phenolic OH excluding ortho intramolecular Hbond substituents is 1. The van der Waals surface area contributed by atoms with Gasteiger partial charge in [-0.05, 0) is 42.0 Å². The van der Waals surface area contributed by atoms with Crippen molar-refractivity contribution >= 4 is 104 Å². The summed E-state index contributed by atoms with van der Waals surface area (Å²) in [6.07, 6.45) is 0. The normalized spacial score (nSPS) is 12.0. The fourth-order valence-electron chi connectivity index (χ4n) is 6.29. The number of nitrogens with one attached hydrogen (secondary N) is 6. The third-order valence-corrected chi connectivity index (χ3v) is 11.7. The molecule has 0 aliphatic rings. The van der Waals surface area contributed by atoms with Gasteiger partial charge in [0.25, 0.3) is 0 Å². The number of anilines is 7.